The van der Waals surface area contributed by atoms with Crippen molar-refractivity contribution in [2.75, 3.05) is 22.9 Å². The lowest BCUT2D eigenvalue weighted by Crippen LogP contribution is -2.27. The molecule has 554 valence electrons. The molecule has 3 aromatic heterocycles. The molecule has 105 heavy (non-hydrogen) atoms. The largest absolute Gasteiger partial charge is 0.481 e. The van der Waals surface area contributed by atoms with Gasteiger partial charge in [-0.3, -0.25) is 24.2 Å². The molecule has 21 nitrogen and oxygen atoms in total. The number of para-hydroxylation sites is 2. The van der Waals surface area contributed by atoms with E-state index in [0.29, 0.717) is 56.5 Å². The molecule has 1 saturated carbocycles. The van der Waals surface area contributed by atoms with Crippen LogP contribution in [0.4, 0.5) is 24.8 Å². The number of amides is 1. The third kappa shape index (κ3) is 22.6. The van der Waals surface area contributed by atoms with Gasteiger partial charge in [-0.2, -0.15) is 0 Å². The summed E-state index contributed by atoms with van der Waals surface area (Å²) in [6.07, 6.45) is 1.15. The van der Waals surface area contributed by atoms with E-state index in [1.54, 1.807) is 36.4 Å². The van der Waals surface area contributed by atoms with Crippen LogP contribution >= 0.6 is 0 Å². The van der Waals surface area contributed by atoms with Crippen LogP contribution in [0, 0.1) is 17.5 Å². The molecule has 9 aromatic rings. The number of anilines is 2. The molecule has 0 bridgehead atoms. The van der Waals surface area contributed by atoms with Crippen LogP contribution in [-0.2, 0) is 31.0 Å². The second-order valence-corrected chi connectivity index (χ2v) is 28.4. The van der Waals surface area contributed by atoms with Crippen molar-refractivity contribution in [2.24, 2.45) is 0 Å². The third-order valence-corrected chi connectivity index (χ3v) is 18.4. The molecule has 0 radical (unpaired) electrons. The number of hydrogen-bond donors (Lipinski definition) is 10. The number of carbonyl (C=O) groups excluding carboxylic acids is 1. The first-order valence-corrected chi connectivity index (χ1v) is 36.1. The van der Waals surface area contributed by atoms with E-state index >= 15 is 0 Å². The van der Waals surface area contributed by atoms with Crippen molar-refractivity contribution in [3.63, 3.8) is 0 Å². The van der Waals surface area contributed by atoms with Crippen LogP contribution in [-0.4, -0.2) is 148 Å². The zero-order chi connectivity index (χ0) is 76.4. The fourth-order valence-electron chi connectivity index (χ4n) is 12.1. The van der Waals surface area contributed by atoms with Gasteiger partial charge in [-0.05, 0) is 133 Å². The number of fused-ring (bicyclic) bond motifs is 1. The van der Waals surface area contributed by atoms with Crippen LogP contribution < -0.4 is 9.62 Å². The van der Waals surface area contributed by atoms with Crippen molar-refractivity contribution in [3.8, 4) is 44.8 Å². The Labute approximate surface area is 607 Å². The van der Waals surface area contributed by atoms with E-state index in [1.807, 2.05) is 117 Å². The summed E-state index contributed by atoms with van der Waals surface area (Å²) >= 11 is 0. The number of halogens is 3. The predicted molar refractivity (Wildman–Crippen MR) is 397 cm³/mol. The standard InChI is InChI=1S/C33H35FN2O5.C25H24FNO4.C22H28FN3O6S/c1-21(2)31-30(33(41)35-25-11-7-4-8-12-25)29(22-9-5-3-6-10-22)32(23-13-15-24(34)16-14-23)36(31)18-17-26(37)19-27(38)20-28(39)40;26-17-9-7-15(8-10-17)24-20-3-1-2-4-22(20)27-25(16-5-6-16)21(24)12-11-18(28)13-19(29)14-23(30)31;1-13(2)20-18(10-9-16(27)11-17(28)12-19(29)30)21(14-5-7-15(23)8-6-14)25-22(24-20)26(3)33(4,31)32/h3-16,21,26-27,37-38H,17-20H2,1-2H3,(H,35,41)(H,39,40);1-4,7-12,16,18-19,28-29H,5-6,13-14H2,(H,30,31);5-10,13,16-17,27-28H,11-12H2,1-4H3,(H,29,30)/b;12-11+;10-9+/t26-,27-;18-,19-;16-,17-/m111/s1. The van der Waals surface area contributed by atoms with Crippen LogP contribution in [0.5, 0.6) is 0 Å². The molecule has 0 aliphatic heterocycles. The van der Waals surface area contributed by atoms with Gasteiger partial charge in [0, 0.05) is 76.9 Å². The highest BCUT2D eigenvalue weighted by Gasteiger charge is 2.33. The molecule has 0 saturated heterocycles. The quantitative estimate of drug-likeness (QED) is 0.0200. The van der Waals surface area contributed by atoms with Gasteiger partial charge in [0.1, 0.15) is 17.5 Å². The van der Waals surface area contributed by atoms with E-state index < -0.39 is 89.6 Å². The Morgan fingerprint density at radius 3 is 1.52 bits per heavy atom. The number of sulfonamides is 1. The lowest BCUT2D eigenvalue weighted by atomic mass is 9.92. The van der Waals surface area contributed by atoms with Gasteiger partial charge in [0.15, 0.2) is 0 Å². The number of hydrogen-bond acceptors (Lipinski definition) is 15. The molecular weight excluding hydrogens is 1370 g/mol. The molecule has 0 unspecified atom stereocenters. The minimum atomic E-state index is -3.65. The van der Waals surface area contributed by atoms with Gasteiger partial charge in [0.25, 0.3) is 5.91 Å². The monoisotopic (exact) mass is 1460 g/mol. The zero-order valence-corrected chi connectivity index (χ0v) is 59.7. The Hall–Kier alpha value is -10.3. The van der Waals surface area contributed by atoms with Gasteiger partial charge in [-0.1, -0.05) is 131 Å². The average molecular weight is 1460 g/mol. The molecule has 1 fully saturated rings. The highest BCUT2D eigenvalue weighted by atomic mass is 32.2. The number of aliphatic hydroxyl groups is 6. The Morgan fingerprint density at radius 1 is 0.562 bits per heavy atom. The number of rotatable bonds is 30. The second-order valence-electron chi connectivity index (χ2n) is 26.4. The van der Waals surface area contributed by atoms with Crippen LogP contribution in [0.3, 0.4) is 0 Å². The minimum absolute atomic E-state index is 0.0601. The Bertz CT molecular complexity index is 4640. The number of carboxylic acids is 3. The topological polar surface area (TPSA) is 343 Å². The maximum Gasteiger partial charge on any atom is 0.305 e. The fourth-order valence-corrected chi connectivity index (χ4v) is 12.5. The lowest BCUT2D eigenvalue weighted by molar-refractivity contribution is -0.140. The van der Waals surface area contributed by atoms with Crippen molar-refractivity contribution in [1.82, 2.24) is 19.5 Å². The van der Waals surface area contributed by atoms with Gasteiger partial charge in [-0.25, -0.2) is 35.9 Å². The molecule has 6 aromatic carbocycles. The molecule has 1 amide bonds. The van der Waals surface area contributed by atoms with E-state index in [1.165, 1.54) is 67.7 Å². The first kappa shape index (κ1) is 80.4. The van der Waals surface area contributed by atoms with Crippen LogP contribution in [0.15, 0.2) is 170 Å². The highest BCUT2D eigenvalue weighted by molar-refractivity contribution is 7.92. The summed E-state index contributed by atoms with van der Waals surface area (Å²) in [4.78, 5) is 60.2. The maximum atomic E-state index is 14.0. The number of carboxylic acid groups (broad SMARTS) is 3. The number of aliphatic carboxylic acids is 3. The van der Waals surface area contributed by atoms with Crippen molar-refractivity contribution >= 4 is 68.5 Å². The Kier molecular flexibility index (Phi) is 28.3. The summed E-state index contributed by atoms with van der Waals surface area (Å²) in [6, 6.07) is 44.4. The second kappa shape index (κ2) is 36.9. The smallest absolute Gasteiger partial charge is 0.305 e. The molecule has 10 N–H and O–H groups in total. The van der Waals surface area contributed by atoms with E-state index in [0.717, 1.165) is 67.9 Å². The number of carbonyl (C=O) groups is 4. The third-order valence-electron chi connectivity index (χ3n) is 17.2. The molecule has 1 aliphatic carbocycles. The summed E-state index contributed by atoms with van der Waals surface area (Å²) in [6.45, 7) is 7.96. The van der Waals surface area contributed by atoms with Crippen LogP contribution in [0.25, 0.3) is 67.8 Å². The van der Waals surface area contributed by atoms with Crippen molar-refractivity contribution in [1.29, 1.82) is 0 Å². The van der Waals surface area contributed by atoms with Crippen LogP contribution in [0.2, 0.25) is 0 Å². The molecule has 3 heterocycles. The van der Waals surface area contributed by atoms with Gasteiger partial charge in [0.05, 0.1) is 96.0 Å². The molecule has 0 spiro atoms. The lowest BCUT2D eigenvalue weighted by Gasteiger charge is -2.20. The Balaban J connectivity index is 0.000000201. The molecular formula is C80H87F3N6O15S. The van der Waals surface area contributed by atoms with Crippen molar-refractivity contribution < 1.29 is 86.7 Å². The SMILES string of the molecule is CC(C)c1c(C(=O)Nc2ccccc2)c(-c2ccccc2)c(-c2ccc(F)cc2)n1CC[C@@H](O)C[C@@H](O)CC(=O)O.CC(C)c1nc(N(C)S(C)(=O)=O)nc(-c2ccc(F)cc2)c1/C=C/[C@@H](O)C[C@@H](O)CC(=O)O.O=C(O)C[C@H](O)C[C@H](O)/C=C/c1c(C2CC2)nc2ccccc2c1-c1ccc(F)cc1. The maximum absolute atomic E-state index is 14.0. The minimum Gasteiger partial charge on any atom is -0.481 e. The number of nitrogens with one attached hydrogen (secondary N) is 1. The summed E-state index contributed by atoms with van der Waals surface area (Å²) in [5.74, 6) is -4.90. The first-order chi connectivity index (χ1) is 49.9. The van der Waals surface area contributed by atoms with Crippen molar-refractivity contribution in [2.45, 2.75) is 146 Å². The summed E-state index contributed by atoms with van der Waals surface area (Å²) in [5.41, 5.74) is 11.0. The normalized spacial score (nSPS) is 14.1. The van der Waals surface area contributed by atoms with Crippen LogP contribution in [0.1, 0.15) is 142 Å². The molecule has 1 aliphatic rings. The zero-order valence-electron chi connectivity index (χ0n) is 58.8. The molecule has 6 atom stereocenters. The van der Waals surface area contributed by atoms with E-state index in [9.17, 15) is 71.4 Å². The highest BCUT2D eigenvalue weighted by Crippen LogP contribution is 2.46. The number of nitrogens with zero attached hydrogens (tertiary/aromatic N) is 5. The number of benzene rings is 6. The first-order valence-electron chi connectivity index (χ1n) is 34.2. The van der Waals surface area contributed by atoms with Crippen molar-refractivity contribution in [3.05, 3.63) is 221 Å². The summed E-state index contributed by atoms with van der Waals surface area (Å²) in [7, 11) is -2.33. The van der Waals surface area contributed by atoms with Gasteiger partial charge in [-0.15, -0.1) is 0 Å². The van der Waals surface area contributed by atoms with Gasteiger partial charge < -0.3 is 55.8 Å². The number of pyridine rings is 1. The van der Waals surface area contributed by atoms with E-state index in [2.05, 4.69) is 15.3 Å². The molecule has 25 heteroatoms. The van der Waals surface area contributed by atoms with E-state index in [-0.39, 0.29) is 67.6 Å². The molecule has 10 rings (SSSR count). The summed E-state index contributed by atoms with van der Waals surface area (Å²) in [5, 5.41) is 91.4. The van der Waals surface area contributed by atoms with Gasteiger partial charge in [0.2, 0.25) is 16.0 Å². The van der Waals surface area contributed by atoms with Gasteiger partial charge >= 0.3 is 17.9 Å². The summed E-state index contributed by atoms with van der Waals surface area (Å²) < 4.78 is 68.2. The number of aromatic nitrogens is 4. The predicted octanol–water partition coefficient (Wildman–Crippen LogP) is 13.2. The fraction of sp³-hybridized carbons (Fsp3) is 0.312. The Morgan fingerprint density at radius 2 is 1.03 bits per heavy atom. The number of aliphatic hydroxyl groups excluding tert-OH is 6. The van der Waals surface area contributed by atoms with E-state index in [4.69, 9.17) is 20.3 Å². The average Bonchev–Trinajstić information content (AvgIpc) is 1.48.